The average Bonchev–Trinajstić information content (AvgIpc) is 2.34. The first-order chi connectivity index (χ1) is 8.92. The predicted molar refractivity (Wildman–Crippen MR) is 75.5 cm³/mol. The molecule has 2 aromatic rings. The minimum Gasteiger partial charge on any atom is -0.396 e. The van der Waals surface area contributed by atoms with Crippen molar-refractivity contribution in [3.8, 4) is 0 Å². The molecule has 0 unspecified atom stereocenters. The van der Waals surface area contributed by atoms with Crippen LogP contribution in [-0.4, -0.2) is 13.4 Å². The number of nitrogens with two attached hydrogens (primary N) is 1. The van der Waals surface area contributed by atoms with Crippen molar-refractivity contribution < 1.29 is 8.42 Å². The summed E-state index contributed by atoms with van der Waals surface area (Å²) in [5.74, 6) is -0.0419. The first kappa shape index (κ1) is 13.5. The van der Waals surface area contributed by atoms with Gasteiger partial charge in [0.05, 0.1) is 22.5 Å². The Morgan fingerprint density at radius 1 is 1.16 bits per heavy atom. The Balaban J connectivity index is 2.46. The molecule has 4 nitrogen and oxygen atoms in total. The van der Waals surface area contributed by atoms with Crippen LogP contribution in [0, 0.1) is 13.8 Å². The molecule has 1 aromatic heterocycles. The van der Waals surface area contributed by atoms with Gasteiger partial charge in [-0.3, -0.25) is 4.98 Å². The van der Waals surface area contributed by atoms with E-state index in [1.807, 2.05) is 32.0 Å². The summed E-state index contributed by atoms with van der Waals surface area (Å²) in [6.45, 7) is 3.82. The van der Waals surface area contributed by atoms with Crippen molar-refractivity contribution >= 4 is 15.5 Å². The fraction of sp³-hybridized carbons (Fsp3) is 0.214. The average molecular weight is 276 g/mol. The summed E-state index contributed by atoms with van der Waals surface area (Å²) in [5, 5.41) is 0. The molecule has 1 aromatic carbocycles. The summed E-state index contributed by atoms with van der Waals surface area (Å²) in [7, 11) is -3.45. The number of nitrogens with zero attached hydrogens (tertiary/aromatic N) is 1. The smallest absolute Gasteiger partial charge is 0.184 e. The minimum absolute atomic E-state index is 0.0419. The van der Waals surface area contributed by atoms with Crippen LogP contribution in [0.25, 0.3) is 0 Å². The molecule has 2 rings (SSSR count). The second-order valence-corrected chi connectivity index (χ2v) is 6.50. The molecule has 0 saturated heterocycles. The maximum atomic E-state index is 12.4. The third kappa shape index (κ3) is 2.76. The Kier molecular flexibility index (Phi) is 3.57. The van der Waals surface area contributed by atoms with Gasteiger partial charge in [0.15, 0.2) is 9.84 Å². The van der Waals surface area contributed by atoms with Crippen LogP contribution in [0.5, 0.6) is 0 Å². The Hall–Kier alpha value is -1.88. The van der Waals surface area contributed by atoms with E-state index < -0.39 is 9.84 Å². The van der Waals surface area contributed by atoms with Crippen LogP contribution in [0.2, 0.25) is 0 Å². The van der Waals surface area contributed by atoms with Gasteiger partial charge in [0.25, 0.3) is 0 Å². The molecule has 0 amide bonds. The minimum atomic E-state index is -3.45. The maximum absolute atomic E-state index is 12.4. The molecule has 0 aliphatic heterocycles. The summed E-state index contributed by atoms with van der Waals surface area (Å²) < 4.78 is 24.8. The van der Waals surface area contributed by atoms with E-state index in [2.05, 4.69) is 4.98 Å². The molecule has 0 bridgehead atoms. The molecule has 1 heterocycles. The quantitative estimate of drug-likeness (QED) is 0.933. The highest BCUT2D eigenvalue weighted by atomic mass is 32.2. The van der Waals surface area contributed by atoms with Crippen LogP contribution >= 0.6 is 0 Å². The Labute approximate surface area is 113 Å². The highest BCUT2D eigenvalue weighted by Gasteiger charge is 2.20. The van der Waals surface area contributed by atoms with Gasteiger partial charge in [-0.15, -0.1) is 0 Å². The number of rotatable bonds is 3. The van der Waals surface area contributed by atoms with Crippen molar-refractivity contribution in [3.63, 3.8) is 0 Å². The lowest BCUT2D eigenvalue weighted by Crippen LogP contribution is -2.10. The van der Waals surface area contributed by atoms with Gasteiger partial charge < -0.3 is 5.73 Å². The largest absolute Gasteiger partial charge is 0.396 e. The van der Waals surface area contributed by atoms with Crippen LogP contribution in [0.15, 0.2) is 41.6 Å². The number of pyridine rings is 1. The first-order valence-electron chi connectivity index (χ1n) is 5.89. The molecule has 19 heavy (non-hydrogen) atoms. The molecule has 0 radical (unpaired) electrons. The number of hydrogen-bond acceptors (Lipinski definition) is 4. The van der Waals surface area contributed by atoms with Gasteiger partial charge in [-0.2, -0.15) is 0 Å². The standard InChI is InChI=1S/C14H16N2O2S/c1-10-4-3-5-11(2)12(10)9-19(17,18)14-6-7-16-8-13(14)15/h3-8H,9,15H2,1-2H3. The Morgan fingerprint density at radius 3 is 2.37 bits per heavy atom. The fourth-order valence-electron chi connectivity index (χ4n) is 2.02. The summed E-state index contributed by atoms with van der Waals surface area (Å²) >= 11 is 0. The number of nitrogen functional groups attached to an aromatic ring is 1. The van der Waals surface area contributed by atoms with E-state index in [-0.39, 0.29) is 16.3 Å². The van der Waals surface area contributed by atoms with E-state index in [9.17, 15) is 8.42 Å². The summed E-state index contributed by atoms with van der Waals surface area (Å²) in [4.78, 5) is 3.95. The van der Waals surface area contributed by atoms with E-state index in [1.54, 1.807) is 0 Å². The molecule has 0 atom stereocenters. The lowest BCUT2D eigenvalue weighted by molar-refractivity contribution is 0.595. The van der Waals surface area contributed by atoms with Gasteiger partial charge in [0.2, 0.25) is 0 Å². The van der Waals surface area contributed by atoms with Gasteiger partial charge in [-0.1, -0.05) is 18.2 Å². The summed E-state index contributed by atoms with van der Waals surface area (Å²) in [6, 6.07) is 7.18. The normalized spacial score (nSPS) is 11.5. The zero-order valence-corrected chi connectivity index (χ0v) is 11.7. The van der Waals surface area contributed by atoms with Crippen LogP contribution in [0.4, 0.5) is 5.69 Å². The molecular weight excluding hydrogens is 260 g/mol. The molecule has 100 valence electrons. The van der Waals surface area contributed by atoms with Crippen molar-refractivity contribution in [1.29, 1.82) is 0 Å². The van der Waals surface area contributed by atoms with Gasteiger partial charge >= 0.3 is 0 Å². The van der Waals surface area contributed by atoms with Crippen molar-refractivity contribution in [2.45, 2.75) is 24.5 Å². The third-order valence-corrected chi connectivity index (χ3v) is 4.83. The van der Waals surface area contributed by atoms with Gasteiger partial charge in [0, 0.05) is 6.20 Å². The number of sulfone groups is 1. The van der Waals surface area contributed by atoms with E-state index >= 15 is 0 Å². The Bertz CT molecular complexity index is 689. The predicted octanol–water partition coefficient (Wildman–Crippen LogP) is 2.25. The molecule has 5 heteroatoms. The number of aryl methyl sites for hydroxylation is 2. The van der Waals surface area contributed by atoms with Crippen LogP contribution in [0.3, 0.4) is 0 Å². The van der Waals surface area contributed by atoms with Gasteiger partial charge in [-0.05, 0) is 36.6 Å². The second kappa shape index (κ2) is 5.01. The summed E-state index contributed by atoms with van der Waals surface area (Å²) in [6.07, 6.45) is 2.80. The molecule has 0 spiro atoms. The van der Waals surface area contributed by atoms with Gasteiger partial charge in [-0.25, -0.2) is 8.42 Å². The number of hydrogen-bond donors (Lipinski definition) is 1. The topological polar surface area (TPSA) is 73.0 Å². The number of benzene rings is 1. The number of anilines is 1. The van der Waals surface area contributed by atoms with Crippen LogP contribution < -0.4 is 5.73 Å². The molecular formula is C14H16N2O2S. The highest BCUT2D eigenvalue weighted by molar-refractivity contribution is 7.90. The third-order valence-electron chi connectivity index (χ3n) is 3.12. The van der Waals surface area contributed by atoms with E-state index in [1.165, 1.54) is 18.5 Å². The van der Waals surface area contributed by atoms with Crippen LogP contribution in [-0.2, 0) is 15.6 Å². The van der Waals surface area contributed by atoms with Crippen molar-refractivity contribution in [3.05, 3.63) is 53.3 Å². The van der Waals surface area contributed by atoms with E-state index in [4.69, 9.17) is 5.73 Å². The second-order valence-electron chi connectivity index (χ2n) is 4.54. The number of aromatic nitrogens is 1. The first-order valence-corrected chi connectivity index (χ1v) is 7.54. The van der Waals surface area contributed by atoms with E-state index in [0.29, 0.717) is 0 Å². The molecule has 2 N–H and O–H groups in total. The summed E-state index contributed by atoms with van der Waals surface area (Å²) in [5.41, 5.74) is 8.65. The van der Waals surface area contributed by atoms with Crippen molar-refractivity contribution in [1.82, 2.24) is 4.98 Å². The lowest BCUT2D eigenvalue weighted by Gasteiger charge is -2.11. The fourth-order valence-corrected chi connectivity index (χ4v) is 3.69. The van der Waals surface area contributed by atoms with E-state index in [0.717, 1.165) is 16.7 Å². The Morgan fingerprint density at radius 2 is 1.79 bits per heavy atom. The maximum Gasteiger partial charge on any atom is 0.184 e. The highest BCUT2D eigenvalue weighted by Crippen LogP contribution is 2.24. The zero-order valence-electron chi connectivity index (χ0n) is 10.9. The van der Waals surface area contributed by atoms with Crippen molar-refractivity contribution in [2.75, 3.05) is 5.73 Å². The molecule has 0 fully saturated rings. The monoisotopic (exact) mass is 276 g/mol. The lowest BCUT2D eigenvalue weighted by atomic mass is 10.1. The van der Waals surface area contributed by atoms with Crippen molar-refractivity contribution in [2.24, 2.45) is 0 Å². The SMILES string of the molecule is Cc1cccc(C)c1CS(=O)(=O)c1ccncc1N. The zero-order chi connectivity index (χ0) is 14.0. The van der Waals surface area contributed by atoms with Crippen LogP contribution in [0.1, 0.15) is 16.7 Å². The molecule has 0 aliphatic carbocycles. The molecule has 0 aliphatic rings. The van der Waals surface area contributed by atoms with Gasteiger partial charge in [0.1, 0.15) is 0 Å². The molecule has 0 saturated carbocycles.